The van der Waals surface area contributed by atoms with Crippen LogP contribution in [0.25, 0.3) is 0 Å². The lowest BCUT2D eigenvalue weighted by molar-refractivity contribution is 0.481. The molecule has 0 radical (unpaired) electrons. The summed E-state index contributed by atoms with van der Waals surface area (Å²) in [5.41, 5.74) is 3.26. The number of rotatable bonds is 7. The smallest absolute Gasteiger partial charge is 0.127 e. The molecule has 28 heavy (non-hydrogen) atoms. The predicted octanol–water partition coefficient (Wildman–Crippen LogP) is 7.62. The van der Waals surface area contributed by atoms with Gasteiger partial charge in [-0.25, -0.2) is 4.39 Å². The van der Waals surface area contributed by atoms with Gasteiger partial charge in [0.15, 0.2) is 0 Å². The number of benzene rings is 3. The summed E-state index contributed by atoms with van der Waals surface area (Å²) in [5.74, 6) is 1.76. The lowest BCUT2D eigenvalue weighted by Crippen LogP contribution is -2.05. The molecule has 2 heteroatoms. The van der Waals surface area contributed by atoms with Crippen molar-refractivity contribution in [3.8, 4) is 11.5 Å². The molecule has 0 bridgehead atoms. The first-order chi connectivity index (χ1) is 13.5. The molecule has 1 unspecified atom stereocenters. The average Bonchev–Trinajstić information content (AvgIpc) is 2.68. The van der Waals surface area contributed by atoms with Gasteiger partial charge in [-0.15, -0.1) is 0 Å². The molecule has 144 valence electrons. The van der Waals surface area contributed by atoms with Crippen LogP contribution in [0.2, 0.25) is 0 Å². The highest BCUT2D eigenvalue weighted by atomic mass is 19.1. The molecule has 1 nitrogen and oxygen atoms in total. The number of hydrogen-bond acceptors (Lipinski definition) is 1. The third-order valence-corrected chi connectivity index (χ3v) is 4.79. The van der Waals surface area contributed by atoms with Gasteiger partial charge in [-0.05, 0) is 54.3 Å². The molecule has 0 aliphatic rings. The summed E-state index contributed by atoms with van der Waals surface area (Å²) in [5, 5.41) is 0. The van der Waals surface area contributed by atoms with Crippen molar-refractivity contribution in [1.29, 1.82) is 0 Å². The second-order valence-electron chi connectivity index (χ2n) is 7.53. The summed E-state index contributed by atoms with van der Waals surface area (Å²) in [6.07, 6.45) is 2.03. The van der Waals surface area contributed by atoms with E-state index in [0.29, 0.717) is 5.92 Å². The molecule has 0 amide bonds. The molecule has 0 saturated heterocycles. The molecular weight excluding hydrogens is 347 g/mol. The highest BCUT2D eigenvalue weighted by molar-refractivity contribution is 5.35. The van der Waals surface area contributed by atoms with E-state index < -0.39 is 0 Å². The van der Waals surface area contributed by atoms with Crippen LogP contribution in [-0.4, -0.2) is 0 Å². The Balaban J connectivity index is 1.74. The normalized spacial score (nSPS) is 12.8. The Hall–Kier alpha value is -2.87. The molecule has 0 aromatic heterocycles. The van der Waals surface area contributed by atoms with Gasteiger partial charge in [-0.3, -0.25) is 0 Å². The van der Waals surface area contributed by atoms with Crippen molar-refractivity contribution in [3.05, 3.63) is 107 Å². The van der Waals surface area contributed by atoms with Crippen molar-refractivity contribution in [2.45, 2.75) is 33.1 Å². The van der Waals surface area contributed by atoms with Gasteiger partial charge in [0.1, 0.15) is 17.3 Å². The number of halogens is 1. The molecule has 1 atom stereocenters. The van der Waals surface area contributed by atoms with Gasteiger partial charge in [-0.2, -0.15) is 0 Å². The molecule has 3 aromatic carbocycles. The van der Waals surface area contributed by atoms with E-state index in [2.05, 4.69) is 45.0 Å². The van der Waals surface area contributed by atoms with Crippen LogP contribution in [0.3, 0.4) is 0 Å². The van der Waals surface area contributed by atoms with Gasteiger partial charge in [-0.1, -0.05) is 74.0 Å². The van der Waals surface area contributed by atoms with Crippen LogP contribution in [0.5, 0.6) is 11.5 Å². The van der Waals surface area contributed by atoms with E-state index in [1.54, 1.807) is 6.08 Å². The van der Waals surface area contributed by atoms with Gasteiger partial charge in [0.05, 0.1) is 0 Å². The standard InChI is InChI=1S/C26H27FO/c1-19(2)26(22-14-12-20(3)13-15-22)18-23(27)16-21-8-7-11-25(17-21)28-24-9-5-4-6-10-24/h4-15,17-19,26H,16H2,1-3H3/b23-18-. The van der Waals surface area contributed by atoms with Crippen LogP contribution in [-0.2, 0) is 6.42 Å². The number of ether oxygens (including phenoxy) is 1. The van der Waals surface area contributed by atoms with Crippen LogP contribution in [0, 0.1) is 12.8 Å². The number of allylic oxidation sites excluding steroid dienone is 2. The molecule has 0 fully saturated rings. The molecule has 0 spiro atoms. The van der Waals surface area contributed by atoms with E-state index in [0.717, 1.165) is 22.6 Å². The molecule has 3 rings (SSSR count). The zero-order chi connectivity index (χ0) is 19.9. The first-order valence-electron chi connectivity index (χ1n) is 9.76. The van der Waals surface area contributed by atoms with E-state index in [1.165, 1.54) is 5.56 Å². The van der Waals surface area contributed by atoms with E-state index in [4.69, 9.17) is 4.74 Å². The van der Waals surface area contributed by atoms with Crippen molar-refractivity contribution in [3.63, 3.8) is 0 Å². The van der Waals surface area contributed by atoms with Gasteiger partial charge in [0.25, 0.3) is 0 Å². The van der Waals surface area contributed by atoms with Crippen LogP contribution in [0.4, 0.5) is 4.39 Å². The zero-order valence-corrected chi connectivity index (χ0v) is 16.7. The first-order valence-corrected chi connectivity index (χ1v) is 9.76. The SMILES string of the molecule is Cc1ccc(C(/C=C(\F)Cc2cccc(Oc3ccccc3)c2)C(C)C)cc1. The summed E-state index contributed by atoms with van der Waals surface area (Å²) < 4.78 is 20.7. The number of para-hydroxylation sites is 1. The third-order valence-electron chi connectivity index (χ3n) is 4.79. The Morgan fingerprint density at radius 1 is 0.893 bits per heavy atom. The topological polar surface area (TPSA) is 9.23 Å². The highest BCUT2D eigenvalue weighted by Crippen LogP contribution is 2.29. The van der Waals surface area contributed by atoms with Crippen LogP contribution in [0.1, 0.15) is 36.5 Å². The minimum Gasteiger partial charge on any atom is -0.457 e. The quantitative estimate of drug-likeness (QED) is 0.413. The van der Waals surface area contributed by atoms with Crippen molar-refractivity contribution in [2.75, 3.05) is 0 Å². The van der Waals surface area contributed by atoms with E-state index in [-0.39, 0.29) is 18.2 Å². The highest BCUT2D eigenvalue weighted by Gasteiger charge is 2.15. The zero-order valence-electron chi connectivity index (χ0n) is 16.7. The van der Waals surface area contributed by atoms with Crippen molar-refractivity contribution < 1.29 is 9.13 Å². The van der Waals surface area contributed by atoms with Crippen LogP contribution in [0.15, 0.2) is 90.8 Å². The Kier molecular flexibility index (Phi) is 6.65. The van der Waals surface area contributed by atoms with E-state index in [9.17, 15) is 4.39 Å². The number of hydrogen-bond donors (Lipinski definition) is 0. The van der Waals surface area contributed by atoms with E-state index >= 15 is 0 Å². The minimum atomic E-state index is -0.115. The second-order valence-corrected chi connectivity index (χ2v) is 7.53. The first kappa shape index (κ1) is 19.9. The summed E-state index contributed by atoms with van der Waals surface area (Å²) in [6, 6.07) is 25.6. The van der Waals surface area contributed by atoms with Gasteiger partial charge >= 0.3 is 0 Å². The van der Waals surface area contributed by atoms with Gasteiger partial charge in [0.2, 0.25) is 0 Å². The van der Waals surface area contributed by atoms with E-state index in [1.807, 2.05) is 54.6 Å². The number of aryl methyl sites for hydroxylation is 1. The van der Waals surface area contributed by atoms with Crippen molar-refractivity contribution in [1.82, 2.24) is 0 Å². The predicted molar refractivity (Wildman–Crippen MR) is 115 cm³/mol. The Morgan fingerprint density at radius 3 is 2.25 bits per heavy atom. The fourth-order valence-corrected chi connectivity index (χ4v) is 3.25. The van der Waals surface area contributed by atoms with Crippen LogP contribution >= 0.6 is 0 Å². The summed E-state index contributed by atoms with van der Waals surface area (Å²) in [7, 11) is 0. The molecule has 0 heterocycles. The van der Waals surface area contributed by atoms with Gasteiger partial charge < -0.3 is 4.74 Å². The Bertz CT molecular complexity index is 911. The minimum absolute atomic E-state index is 0.0596. The maximum atomic E-state index is 14.8. The maximum absolute atomic E-state index is 14.8. The largest absolute Gasteiger partial charge is 0.457 e. The molecule has 0 aliphatic heterocycles. The van der Waals surface area contributed by atoms with Crippen molar-refractivity contribution >= 4 is 0 Å². The fourth-order valence-electron chi connectivity index (χ4n) is 3.25. The van der Waals surface area contributed by atoms with Gasteiger partial charge in [0, 0.05) is 12.3 Å². The lowest BCUT2D eigenvalue weighted by Gasteiger charge is -2.18. The Labute approximate surface area is 167 Å². The fraction of sp³-hybridized carbons (Fsp3) is 0.231. The second kappa shape index (κ2) is 9.36. The summed E-state index contributed by atoms with van der Waals surface area (Å²) >= 11 is 0. The summed E-state index contributed by atoms with van der Waals surface area (Å²) in [4.78, 5) is 0. The van der Waals surface area contributed by atoms with Crippen LogP contribution < -0.4 is 4.74 Å². The summed E-state index contributed by atoms with van der Waals surface area (Å²) in [6.45, 7) is 6.32. The monoisotopic (exact) mass is 374 g/mol. The maximum Gasteiger partial charge on any atom is 0.127 e. The lowest BCUT2D eigenvalue weighted by atomic mass is 9.87. The average molecular weight is 374 g/mol. The Morgan fingerprint density at radius 2 is 1.57 bits per heavy atom. The third kappa shape index (κ3) is 5.56. The molecule has 3 aromatic rings. The molecule has 0 aliphatic carbocycles. The molecule has 0 saturated carbocycles. The molecule has 0 N–H and O–H groups in total. The molecular formula is C26H27FO. The van der Waals surface area contributed by atoms with Crippen molar-refractivity contribution in [2.24, 2.45) is 5.92 Å².